The van der Waals surface area contributed by atoms with E-state index in [1.165, 1.54) is 5.56 Å². The van der Waals surface area contributed by atoms with E-state index in [9.17, 15) is 0 Å². The van der Waals surface area contributed by atoms with Crippen molar-refractivity contribution in [1.29, 1.82) is 0 Å². The summed E-state index contributed by atoms with van der Waals surface area (Å²) in [6.07, 6.45) is 7.39. The number of hydrogen-bond donors (Lipinski definition) is 0. The first-order chi connectivity index (χ1) is 12.4. The topological polar surface area (TPSA) is 43.9 Å². The van der Waals surface area contributed by atoms with Crippen molar-refractivity contribution < 1.29 is 4.42 Å². The van der Waals surface area contributed by atoms with Gasteiger partial charge in [-0.25, -0.2) is 4.98 Å². The van der Waals surface area contributed by atoms with Crippen LogP contribution in [0.15, 0.2) is 83.7 Å². The molecule has 4 nitrogen and oxygen atoms in total. The highest BCUT2D eigenvalue weighted by Crippen LogP contribution is 2.19. The summed E-state index contributed by atoms with van der Waals surface area (Å²) in [6, 6.07) is 20.3. The molecule has 3 heterocycles. The van der Waals surface area contributed by atoms with Gasteiger partial charge >= 0.3 is 0 Å². The lowest BCUT2D eigenvalue weighted by atomic mass is 10.1. The van der Waals surface area contributed by atoms with Crippen LogP contribution in [0.25, 0.3) is 11.4 Å². The highest BCUT2D eigenvalue weighted by Gasteiger charge is 2.12. The quantitative estimate of drug-likeness (QED) is 0.527. The summed E-state index contributed by atoms with van der Waals surface area (Å²) in [5.74, 6) is 1.96. The van der Waals surface area contributed by atoms with Crippen molar-refractivity contribution in [3.05, 3.63) is 96.5 Å². The number of furan rings is 1. The van der Waals surface area contributed by atoms with E-state index in [1.807, 2.05) is 36.4 Å². The lowest BCUT2D eigenvalue weighted by Gasteiger charge is -2.06. The Kier molecular flexibility index (Phi) is 4.42. The van der Waals surface area contributed by atoms with E-state index in [-0.39, 0.29) is 0 Å². The molecule has 0 aliphatic heterocycles. The molecule has 0 saturated carbocycles. The minimum atomic E-state index is 0.678. The maximum absolute atomic E-state index is 5.51. The van der Waals surface area contributed by atoms with Gasteiger partial charge in [-0.3, -0.25) is 4.98 Å². The number of rotatable bonds is 6. The molecule has 0 aliphatic rings. The molecule has 0 saturated heterocycles. The number of benzene rings is 1. The van der Waals surface area contributed by atoms with E-state index >= 15 is 0 Å². The van der Waals surface area contributed by atoms with Gasteiger partial charge in [0, 0.05) is 18.8 Å². The highest BCUT2D eigenvalue weighted by molar-refractivity contribution is 5.53. The molecule has 0 fully saturated rings. The molecule has 25 heavy (non-hydrogen) atoms. The monoisotopic (exact) mass is 329 g/mol. The molecule has 124 valence electrons. The Morgan fingerprint density at radius 1 is 0.840 bits per heavy atom. The van der Waals surface area contributed by atoms with Crippen LogP contribution in [0.4, 0.5) is 0 Å². The molecular formula is C21H19N3O. The molecule has 0 amide bonds. The van der Waals surface area contributed by atoms with Gasteiger partial charge in [0.2, 0.25) is 0 Å². The molecule has 0 N–H and O–H groups in total. The van der Waals surface area contributed by atoms with Crippen molar-refractivity contribution in [2.45, 2.75) is 19.4 Å². The molecule has 0 bridgehead atoms. The lowest BCUT2D eigenvalue weighted by molar-refractivity contribution is 0.488. The zero-order valence-electron chi connectivity index (χ0n) is 13.9. The van der Waals surface area contributed by atoms with Crippen LogP contribution in [-0.2, 0) is 19.4 Å². The van der Waals surface area contributed by atoms with Gasteiger partial charge in [0.1, 0.15) is 17.3 Å². The van der Waals surface area contributed by atoms with Gasteiger partial charge in [-0.05, 0) is 36.2 Å². The fourth-order valence-electron chi connectivity index (χ4n) is 2.90. The van der Waals surface area contributed by atoms with Gasteiger partial charge in [0.25, 0.3) is 0 Å². The molecule has 0 radical (unpaired) electrons. The van der Waals surface area contributed by atoms with Gasteiger partial charge in [0.15, 0.2) is 0 Å². The molecule has 0 unspecified atom stereocenters. The van der Waals surface area contributed by atoms with Gasteiger partial charge in [-0.15, -0.1) is 0 Å². The summed E-state index contributed by atoms with van der Waals surface area (Å²) in [5, 5.41) is 0. The summed E-state index contributed by atoms with van der Waals surface area (Å²) >= 11 is 0. The van der Waals surface area contributed by atoms with Crippen molar-refractivity contribution in [3.8, 4) is 11.4 Å². The average Bonchev–Trinajstić information content (AvgIpc) is 3.32. The minimum Gasteiger partial charge on any atom is -0.467 e. The van der Waals surface area contributed by atoms with Crippen LogP contribution in [0.1, 0.15) is 17.1 Å². The third kappa shape index (κ3) is 3.69. The van der Waals surface area contributed by atoms with Gasteiger partial charge < -0.3 is 8.98 Å². The number of pyridine rings is 1. The molecule has 0 atom stereocenters. The Hall–Kier alpha value is -3.14. The average molecular weight is 329 g/mol. The molecule has 4 rings (SSSR count). The fraction of sp³-hybridized carbons (Fsp3) is 0.143. The Morgan fingerprint density at radius 3 is 2.48 bits per heavy atom. The van der Waals surface area contributed by atoms with Crippen LogP contribution in [-0.4, -0.2) is 14.5 Å². The first-order valence-corrected chi connectivity index (χ1v) is 8.42. The van der Waals surface area contributed by atoms with Gasteiger partial charge in [-0.2, -0.15) is 0 Å². The third-order valence-electron chi connectivity index (χ3n) is 4.17. The zero-order valence-corrected chi connectivity index (χ0v) is 13.9. The van der Waals surface area contributed by atoms with Crippen LogP contribution in [0, 0.1) is 0 Å². The van der Waals surface area contributed by atoms with Crippen molar-refractivity contribution in [2.75, 3.05) is 0 Å². The Morgan fingerprint density at radius 2 is 1.72 bits per heavy atom. The van der Waals surface area contributed by atoms with E-state index < -0.39 is 0 Å². The van der Waals surface area contributed by atoms with E-state index in [4.69, 9.17) is 9.40 Å². The Bertz CT molecular complexity index is 912. The summed E-state index contributed by atoms with van der Waals surface area (Å²) in [5.41, 5.74) is 3.10. The highest BCUT2D eigenvalue weighted by atomic mass is 16.3. The van der Waals surface area contributed by atoms with Crippen molar-refractivity contribution >= 4 is 0 Å². The first-order valence-electron chi connectivity index (χ1n) is 8.42. The summed E-state index contributed by atoms with van der Waals surface area (Å²) in [4.78, 5) is 9.25. The largest absolute Gasteiger partial charge is 0.467 e. The third-order valence-corrected chi connectivity index (χ3v) is 4.17. The van der Waals surface area contributed by atoms with Crippen molar-refractivity contribution in [2.24, 2.45) is 0 Å². The van der Waals surface area contributed by atoms with Gasteiger partial charge in [0.05, 0.1) is 18.5 Å². The number of nitrogens with zero attached hydrogens (tertiary/aromatic N) is 3. The maximum atomic E-state index is 5.51. The number of imidazole rings is 1. The second-order valence-corrected chi connectivity index (χ2v) is 5.95. The van der Waals surface area contributed by atoms with Crippen molar-refractivity contribution in [3.63, 3.8) is 0 Å². The number of hydrogen-bond acceptors (Lipinski definition) is 3. The SMILES string of the molecule is c1ccc(CCc2nc(-c3ccccn3)cn2Cc2ccco2)cc1. The van der Waals surface area contributed by atoms with Crippen LogP contribution < -0.4 is 0 Å². The van der Waals surface area contributed by atoms with E-state index in [0.29, 0.717) is 6.54 Å². The first kappa shape index (κ1) is 15.4. The normalized spacial score (nSPS) is 10.9. The van der Waals surface area contributed by atoms with Gasteiger partial charge in [-0.1, -0.05) is 36.4 Å². The molecule has 1 aromatic carbocycles. The second kappa shape index (κ2) is 7.18. The summed E-state index contributed by atoms with van der Waals surface area (Å²) < 4.78 is 7.66. The number of aryl methyl sites for hydroxylation is 2. The van der Waals surface area contributed by atoms with Crippen LogP contribution in [0.2, 0.25) is 0 Å². The molecule has 4 aromatic rings. The molecule has 3 aromatic heterocycles. The summed E-state index contributed by atoms with van der Waals surface area (Å²) in [7, 11) is 0. The summed E-state index contributed by atoms with van der Waals surface area (Å²) in [6.45, 7) is 0.678. The molecule has 0 spiro atoms. The predicted octanol–water partition coefficient (Wildman–Crippen LogP) is 4.37. The Labute approximate surface area is 146 Å². The predicted molar refractivity (Wildman–Crippen MR) is 97.1 cm³/mol. The minimum absolute atomic E-state index is 0.678. The Balaban J connectivity index is 1.61. The standard InChI is InChI=1S/C21H19N3O/c1-2-7-17(8-3-1)11-12-21-23-20(19-10-4-5-13-22-19)16-24(21)15-18-9-6-14-25-18/h1-10,13-14,16H,11-12,15H2. The second-order valence-electron chi connectivity index (χ2n) is 5.95. The number of aromatic nitrogens is 3. The van der Waals surface area contributed by atoms with E-state index in [0.717, 1.165) is 35.8 Å². The van der Waals surface area contributed by atoms with Crippen molar-refractivity contribution in [1.82, 2.24) is 14.5 Å². The van der Waals surface area contributed by atoms with E-state index in [1.54, 1.807) is 12.5 Å². The zero-order chi connectivity index (χ0) is 16.9. The van der Waals surface area contributed by atoms with E-state index in [2.05, 4.69) is 40.0 Å². The lowest BCUT2D eigenvalue weighted by Crippen LogP contribution is -2.05. The smallest absolute Gasteiger partial charge is 0.123 e. The molecule has 4 heteroatoms. The van der Waals surface area contributed by atoms with Crippen LogP contribution in [0.3, 0.4) is 0 Å². The molecule has 0 aliphatic carbocycles. The fourth-order valence-corrected chi connectivity index (χ4v) is 2.90. The molecular weight excluding hydrogens is 310 g/mol. The van der Waals surface area contributed by atoms with Crippen LogP contribution in [0.5, 0.6) is 0 Å². The van der Waals surface area contributed by atoms with Crippen LogP contribution >= 0.6 is 0 Å². The maximum Gasteiger partial charge on any atom is 0.123 e.